The first-order chi connectivity index (χ1) is 21.0. The number of hydrogen-bond donors (Lipinski definition) is 2. The second-order valence-electron chi connectivity index (χ2n) is 10.7. The Morgan fingerprint density at radius 1 is 1.00 bits per heavy atom. The lowest BCUT2D eigenvalue weighted by molar-refractivity contribution is -0.126. The zero-order chi connectivity index (χ0) is 30.9. The fraction of sp³-hybridized carbons (Fsp3) is 0.393. The van der Waals surface area contributed by atoms with Crippen LogP contribution in [0, 0.1) is 11.8 Å². The molecule has 4 aromatic heterocycles. The van der Waals surface area contributed by atoms with Gasteiger partial charge in [0.1, 0.15) is 11.6 Å². The summed E-state index contributed by atoms with van der Waals surface area (Å²) in [7, 11) is -1.71. The topological polar surface area (TPSA) is 136 Å². The number of alkyl halides is 3. The van der Waals surface area contributed by atoms with Gasteiger partial charge in [0.05, 0.1) is 52.8 Å². The van der Waals surface area contributed by atoms with E-state index in [-0.39, 0.29) is 6.04 Å². The molecule has 0 atom stereocenters. The second-order valence-corrected chi connectivity index (χ2v) is 12.8. The van der Waals surface area contributed by atoms with Gasteiger partial charge in [0.25, 0.3) is 10.0 Å². The van der Waals surface area contributed by atoms with Crippen molar-refractivity contribution in [2.75, 3.05) is 29.9 Å². The third kappa shape index (κ3) is 7.00. The molecule has 44 heavy (non-hydrogen) atoms. The smallest absolute Gasteiger partial charge is 0.370 e. The third-order valence-electron chi connectivity index (χ3n) is 7.29. The number of aromatic nitrogens is 7. The number of rotatable bonds is 8. The number of hydrogen-bond acceptors (Lipinski definition) is 10. The highest BCUT2D eigenvalue weighted by atomic mass is 32.2. The Morgan fingerprint density at radius 2 is 1.80 bits per heavy atom. The maximum atomic E-state index is 12.7. The molecule has 0 spiro atoms. The molecule has 0 aromatic carbocycles. The predicted molar refractivity (Wildman–Crippen MR) is 157 cm³/mol. The van der Waals surface area contributed by atoms with Crippen LogP contribution in [0.3, 0.4) is 0 Å². The van der Waals surface area contributed by atoms with Crippen LogP contribution in [-0.4, -0.2) is 79.4 Å². The molecule has 2 fully saturated rings. The molecular formula is C28H29F3N10O2S. The van der Waals surface area contributed by atoms with Crippen LogP contribution in [0.2, 0.25) is 0 Å². The highest BCUT2D eigenvalue weighted by molar-refractivity contribution is 7.90. The number of halogens is 3. The SMILES string of the molecule is Cn1cc(C#Cc2cnc(Nc3ccnc(-c4cnn(S(=O)(=O)C5CC5)c4)n3)cc2N2CCC(NCC(F)(F)F)CC2)cn1. The monoisotopic (exact) mass is 626 g/mol. The molecule has 1 aliphatic heterocycles. The van der Waals surface area contributed by atoms with E-state index < -0.39 is 28.0 Å². The highest BCUT2D eigenvalue weighted by Crippen LogP contribution is 2.31. The summed E-state index contributed by atoms with van der Waals surface area (Å²) in [5.41, 5.74) is 2.63. The lowest BCUT2D eigenvalue weighted by atomic mass is 10.0. The lowest BCUT2D eigenvalue weighted by Crippen LogP contribution is -2.45. The van der Waals surface area contributed by atoms with E-state index in [0.29, 0.717) is 67.4 Å². The van der Waals surface area contributed by atoms with Crippen molar-refractivity contribution in [3.63, 3.8) is 0 Å². The van der Waals surface area contributed by atoms with E-state index in [1.807, 2.05) is 6.07 Å². The standard InChI is InChI=1S/C28H29F3N10O2S/c1-39-16-19(13-35-39)2-3-20-14-33-26(12-24(20)40-10-7-22(8-11-40)34-18-28(29,30)31)37-25-6-9-32-27(38-25)21-15-36-41(17-21)44(42,43)23-4-5-23/h6,9,12-17,22-23,34H,4-5,7-8,10-11,18H2,1H3,(H,32,33,37,38). The Labute approximate surface area is 251 Å². The number of piperidine rings is 1. The first-order valence-electron chi connectivity index (χ1n) is 14.0. The van der Waals surface area contributed by atoms with E-state index in [1.54, 1.807) is 42.6 Å². The summed E-state index contributed by atoms with van der Waals surface area (Å²) in [5, 5.41) is 13.5. The quantitative estimate of drug-likeness (QED) is 0.281. The molecule has 0 bridgehead atoms. The minimum absolute atomic E-state index is 0.236. The molecule has 12 nitrogen and oxygen atoms in total. The molecule has 1 aliphatic carbocycles. The third-order valence-corrected chi connectivity index (χ3v) is 9.33. The average Bonchev–Trinajstić information content (AvgIpc) is 3.60. The Kier molecular flexibility index (Phi) is 7.99. The fourth-order valence-electron chi connectivity index (χ4n) is 4.86. The van der Waals surface area contributed by atoms with Crippen molar-refractivity contribution in [2.24, 2.45) is 7.05 Å². The van der Waals surface area contributed by atoms with Crippen LogP contribution in [0.5, 0.6) is 0 Å². The van der Waals surface area contributed by atoms with E-state index in [0.717, 1.165) is 15.3 Å². The Balaban J connectivity index is 1.22. The second kappa shape index (κ2) is 11.9. The summed E-state index contributed by atoms with van der Waals surface area (Å²) in [6, 6.07) is 3.25. The maximum Gasteiger partial charge on any atom is 0.401 e. The highest BCUT2D eigenvalue weighted by Gasteiger charge is 2.37. The van der Waals surface area contributed by atoms with Crippen LogP contribution >= 0.6 is 0 Å². The van der Waals surface area contributed by atoms with Crippen LogP contribution < -0.4 is 15.5 Å². The first kappa shape index (κ1) is 29.6. The van der Waals surface area contributed by atoms with E-state index in [2.05, 4.69) is 52.5 Å². The summed E-state index contributed by atoms with van der Waals surface area (Å²) in [6.07, 6.45) is 7.54. The van der Waals surface area contributed by atoms with Gasteiger partial charge in [0, 0.05) is 50.8 Å². The van der Waals surface area contributed by atoms with Gasteiger partial charge in [-0.15, -0.1) is 0 Å². The minimum atomic E-state index is -4.26. The van der Waals surface area contributed by atoms with Crippen molar-refractivity contribution in [2.45, 2.75) is 43.2 Å². The van der Waals surface area contributed by atoms with Crippen LogP contribution in [0.4, 0.5) is 30.5 Å². The van der Waals surface area contributed by atoms with Crippen LogP contribution in [0.25, 0.3) is 11.4 Å². The summed E-state index contributed by atoms with van der Waals surface area (Å²) in [6.45, 7) is 0.0544. The van der Waals surface area contributed by atoms with Gasteiger partial charge in [-0.1, -0.05) is 11.8 Å². The summed E-state index contributed by atoms with van der Waals surface area (Å²) in [4.78, 5) is 15.4. The van der Waals surface area contributed by atoms with E-state index in [9.17, 15) is 21.6 Å². The maximum absolute atomic E-state index is 12.7. The molecule has 2 aliphatic rings. The number of nitrogens with zero attached hydrogens (tertiary/aromatic N) is 8. The van der Waals surface area contributed by atoms with Crippen molar-refractivity contribution in [1.29, 1.82) is 0 Å². The number of pyridine rings is 1. The van der Waals surface area contributed by atoms with Gasteiger partial charge in [-0.2, -0.15) is 27.5 Å². The molecule has 2 N–H and O–H groups in total. The van der Waals surface area contributed by atoms with E-state index in [4.69, 9.17) is 0 Å². The molecule has 1 saturated carbocycles. The Morgan fingerprint density at radius 3 is 2.50 bits per heavy atom. The van der Waals surface area contributed by atoms with Crippen molar-refractivity contribution in [3.8, 4) is 23.2 Å². The molecular weight excluding hydrogens is 597 g/mol. The number of nitrogens with one attached hydrogen (secondary N) is 2. The van der Waals surface area contributed by atoms with Crippen molar-refractivity contribution in [1.82, 2.24) is 39.2 Å². The van der Waals surface area contributed by atoms with E-state index in [1.165, 1.54) is 12.4 Å². The molecule has 0 radical (unpaired) electrons. The molecule has 4 aromatic rings. The minimum Gasteiger partial charge on any atom is -0.370 e. The van der Waals surface area contributed by atoms with Gasteiger partial charge >= 0.3 is 6.18 Å². The molecule has 0 amide bonds. The summed E-state index contributed by atoms with van der Waals surface area (Å²) < 4.78 is 65.8. The summed E-state index contributed by atoms with van der Waals surface area (Å²) >= 11 is 0. The van der Waals surface area contributed by atoms with Gasteiger partial charge < -0.3 is 15.5 Å². The summed E-state index contributed by atoms with van der Waals surface area (Å²) in [5.74, 6) is 7.45. The lowest BCUT2D eigenvalue weighted by Gasteiger charge is -2.35. The normalized spacial score (nSPS) is 16.0. The average molecular weight is 627 g/mol. The van der Waals surface area contributed by atoms with Gasteiger partial charge in [-0.05, 0) is 31.7 Å². The molecule has 230 valence electrons. The molecule has 6 rings (SSSR count). The zero-order valence-corrected chi connectivity index (χ0v) is 24.5. The van der Waals surface area contributed by atoms with Gasteiger partial charge in [-0.3, -0.25) is 4.68 Å². The molecule has 1 saturated heterocycles. The Bertz CT molecular complexity index is 1810. The first-order valence-corrected chi connectivity index (χ1v) is 15.5. The van der Waals surface area contributed by atoms with Crippen LogP contribution in [0.15, 0.2) is 49.3 Å². The van der Waals surface area contributed by atoms with Crippen molar-refractivity contribution < 1.29 is 21.6 Å². The fourth-order valence-corrected chi connectivity index (χ4v) is 6.33. The molecule has 5 heterocycles. The van der Waals surface area contributed by atoms with Crippen LogP contribution in [0.1, 0.15) is 36.8 Å². The van der Waals surface area contributed by atoms with Gasteiger partial charge in [0.15, 0.2) is 5.82 Å². The largest absolute Gasteiger partial charge is 0.401 e. The number of aryl methyl sites for hydroxylation is 1. The molecule has 0 unspecified atom stereocenters. The molecule has 16 heteroatoms. The van der Waals surface area contributed by atoms with Crippen LogP contribution in [-0.2, 0) is 17.1 Å². The van der Waals surface area contributed by atoms with Crippen molar-refractivity contribution >= 4 is 27.3 Å². The Hall–Kier alpha value is -4.49. The van der Waals surface area contributed by atoms with Gasteiger partial charge in [0.2, 0.25) is 0 Å². The zero-order valence-electron chi connectivity index (χ0n) is 23.7. The van der Waals surface area contributed by atoms with E-state index >= 15 is 0 Å². The predicted octanol–water partition coefficient (Wildman–Crippen LogP) is 3.07. The number of anilines is 3. The van der Waals surface area contributed by atoms with Crippen molar-refractivity contribution in [3.05, 3.63) is 60.4 Å². The van der Waals surface area contributed by atoms with Gasteiger partial charge in [-0.25, -0.2) is 23.4 Å².